The standard InChI is InChI=1S/C20H22N2O3/c1-13-3-6-18-17(9-13)14(11-21-18)4-8-20(24)22-16-5-7-19(25-2)15(10-16)12-23/h3,5-7,9-11,21,23H,4,8,12H2,1-2H3,(H,22,24). The summed E-state index contributed by atoms with van der Waals surface area (Å²) in [7, 11) is 1.55. The second-order valence-corrected chi connectivity index (χ2v) is 6.10. The number of aryl methyl sites for hydroxylation is 2. The zero-order valence-corrected chi connectivity index (χ0v) is 14.4. The Morgan fingerprint density at radius 1 is 1.20 bits per heavy atom. The van der Waals surface area contributed by atoms with Crippen LogP contribution in [0.2, 0.25) is 0 Å². The zero-order valence-electron chi connectivity index (χ0n) is 14.4. The molecule has 3 N–H and O–H groups in total. The van der Waals surface area contributed by atoms with E-state index in [2.05, 4.69) is 35.4 Å². The smallest absolute Gasteiger partial charge is 0.224 e. The van der Waals surface area contributed by atoms with Gasteiger partial charge in [0.1, 0.15) is 5.75 Å². The Labute approximate surface area is 146 Å². The van der Waals surface area contributed by atoms with Gasteiger partial charge in [-0.2, -0.15) is 0 Å². The van der Waals surface area contributed by atoms with Crippen molar-refractivity contribution in [3.8, 4) is 5.75 Å². The molecule has 0 aliphatic rings. The van der Waals surface area contributed by atoms with Crippen molar-refractivity contribution in [1.29, 1.82) is 0 Å². The summed E-state index contributed by atoms with van der Waals surface area (Å²) in [6.45, 7) is 1.92. The number of hydrogen-bond acceptors (Lipinski definition) is 3. The molecule has 2 aromatic carbocycles. The molecule has 0 atom stereocenters. The lowest BCUT2D eigenvalue weighted by Gasteiger charge is -2.10. The fraction of sp³-hybridized carbons (Fsp3) is 0.250. The molecule has 1 amide bonds. The summed E-state index contributed by atoms with van der Waals surface area (Å²) in [5, 5.41) is 13.4. The lowest BCUT2D eigenvalue weighted by molar-refractivity contribution is -0.116. The number of carbonyl (C=O) groups is 1. The maximum absolute atomic E-state index is 12.2. The number of aliphatic hydroxyl groups excluding tert-OH is 1. The minimum atomic E-state index is -0.137. The largest absolute Gasteiger partial charge is 0.496 e. The second kappa shape index (κ2) is 7.40. The molecule has 0 spiro atoms. The summed E-state index contributed by atoms with van der Waals surface area (Å²) in [5.74, 6) is 0.547. The number of rotatable bonds is 6. The molecule has 0 unspecified atom stereocenters. The molecule has 3 aromatic rings. The van der Waals surface area contributed by atoms with Crippen molar-refractivity contribution in [1.82, 2.24) is 4.98 Å². The average Bonchev–Trinajstić information content (AvgIpc) is 3.02. The second-order valence-electron chi connectivity index (χ2n) is 6.10. The molecule has 0 aliphatic heterocycles. The molecule has 0 bridgehead atoms. The van der Waals surface area contributed by atoms with E-state index < -0.39 is 0 Å². The van der Waals surface area contributed by atoms with Gasteiger partial charge in [-0.05, 0) is 49.2 Å². The molecule has 0 fully saturated rings. The number of benzene rings is 2. The Bertz CT molecular complexity index is 899. The first kappa shape index (κ1) is 17.0. The maximum atomic E-state index is 12.2. The monoisotopic (exact) mass is 338 g/mol. The number of carbonyl (C=O) groups excluding carboxylic acids is 1. The van der Waals surface area contributed by atoms with Crippen LogP contribution in [0.5, 0.6) is 5.75 Å². The van der Waals surface area contributed by atoms with Gasteiger partial charge in [-0.3, -0.25) is 4.79 Å². The van der Waals surface area contributed by atoms with Crippen molar-refractivity contribution in [3.63, 3.8) is 0 Å². The highest BCUT2D eigenvalue weighted by Gasteiger charge is 2.09. The van der Waals surface area contributed by atoms with Gasteiger partial charge < -0.3 is 20.1 Å². The topological polar surface area (TPSA) is 74.3 Å². The molecule has 0 aliphatic carbocycles. The summed E-state index contributed by atoms with van der Waals surface area (Å²) in [4.78, 5) is 15.5. The van der Waals surface area contributed by atoms with Gasteiger partial charge in [0.25, 0.3) is 0 Å². The first-order valence-electron chi connectivity index (χ1n) is 8.25. The van der Waals surface area contributed by atoms with Gasteiger partial charge in [-0.1, -0.05) is 11.6 Å². The zero-order chi connectivity index (χ0) is 17.8. The molecule has 3 rings (SSSR count). The van der Waals surface area contributed by atoms with Gasteiger partial charge in [0.15, 0.2) is 0 Å². The van der Waals surface area contributed by atoms with Crippen molar-refractivity contribution >= 4 is 22.5 Å². The van der Waals surface area contributed by atoms with E-state index in [1.165, 1.54) is 10.9 Å². The molecule has 5 nitrogen and oxygen atoms in total. The molecule has 0 radical (unpaired) electrons. The van der Waals surface area contributed by atoms with Crippen LogP contribution in [0, 0.1) is 6.92 Å². The third-order valence-electron chi connectivity index (χ3n) is 4.28. The normalized spacial score (nSPS) is 10.8. The van der Waals surface area contributed by atoms with E-state index in [4.69, 9.17) is 4.74 Å². The van der Waals surface area contributed by atoms with Gasteiger partial charge in [-0.15, -0.1) is 0 Å². The van der Waals surface area contributed by atoms with E-state index in [1.807, 2.05) is 6.20 Å². The molecule has 1 aromatic heterocycles. The lowest BCUT2D eigenvalue weighted by atomic mass is 10.1. The lowest BCUT2D eigenvalue weighted by Crippen LogP contribution is -2.12. The van der Waals surface area contributed by atoms with Crippen molar-refractivity contribution in [3.05, 3.63) is 59.3 Å². The first-order chi connectivity index (χ1) is 12.1. The molecule has 25 heavy (non-hydrogen) atoms. The van der Waals surface area contributed by atoms with Crippen molar-refractivity contribution in [2.24, 2.45) is 0 Å². The Kier molecular flexibility index (Phi) is 5.05. The Morgan fingerprint density at radius 2 is 2.04 bits per heavy atom. The van der Waals surface area contributed by atoms with E-state index in [-0.39, 0.29) is 12.5 Å². The first-order valence-corrected chi connectivity index (χ1v) is 8.25. The minimum absolute atomic E-state index is 0.0592. The highest BCUT2D eigenvalue weighted by Crippen LogP contribution is 2.23. The van der Waals surface area contributed by atoms with Gasteiger partial charge >= 0.3 is 0 Å². The number of H-pyrrole nitrogens is 1. The number of hydrogen-bond donors (Lipinski definition) is 3. The fourth-order valence-electron chi connectivity index (χ4n) is 2.95. The summed E-state index contributed by atoms with van der Waals surface area (Å²) in [5.41, 5.74) is 4.73. The number of aliphatic hydroxyl groups is 1. The van der Waals surface area contributed by atoms with Crippen LogP contribution in [0.4, 0.5) is 5.69 Å². The average molecular weight is 338 g/mol. The summed E-state index contributed by atoms with van der Waals surface area (Å²) in [6, 6.07) is 11.5. The van der Waals surface area contributed by atoms with Crippen LogP contribution >= 0.6 is 0 Å². The summed E-state index contributed by atoms with van der Waals surface area (Å²) < 4.78 is 5.17. The van der Waals surface area contributed by atoms with E-state index >= 15 is 0 Å². The maximum Gasteiger partial charge on any atom is 0.224 e. The van der Waals surface area contributed by atoms with Crippen LogP contribution in [-0.2, 0) is 17.8 Å². The van der Waals surface area contributed by atoms with Crippen LogP contribution in [0.15, 0.2) is 42.6 Å². The molecular formula is C20H22N2O3. The quantitative estimate of drug-likeness (QED) is 0.643. The van der Waals surface area contributed by atoms with Crippen molar-refractivity contribution < 1.29 is 14.6 Å². The molecule has 5 heteroatoms. The van der Waals surface area contributed by atoms with Gasteiger partial charge in [-0.25, -0.2) is 0 Å². The number of anilines is 1. The van der Waals surface area contributed by atoms with Crippen LogP contribution in [0.3, 0.4) is 0 Å². The SMILES string of the molecule is COc1ccc(NC(=O)CCc2c[nH]c3ccc(C)cc23)cc1CO. The fourth-order valence-corrected chi connectivity index (χ4v) is 2.95. The summed E-state index contributed by atoms with van der Waals surface area (Å²) in [6.07, 6.45) is 3.02. The number of fused-ring (bicyclic) bond motifs is 1. The highest BCUT2D eigenvalue weighted by molar-refractivity contribution is 5.91. The number of amides is 1. The number of ether oxygens (including phenoxy) is 1. The minimum Gasteiger partial charge on any atom is -0.496 e. The van der Waals surface area contributed by atoms with E-state index in [0.29, 0.717) is 29.8 Å². The number of aromatic amines is 1. The number of nitrogens with one attached hydrogen (secondary N) is 2. The van der Waals surface area contributed by atoms with Crippen LogP contribution in [-0.4, -0.2) is 23.1 Å². The van der Waals surface area contributed by atoms with E-state index in [1.54, 1.807) is 25.3 Å². The Morgan fingerprint density at radius 3 is 2.80 bits per heavy atom. The van der Waals surface area contributed by atoms with E-state index in [9.17, 15) is 9.90 Å². The molecular weight excluding hydrogens is 316 g/mol. The molecule has 0 saturated heterocycles. The third-order valence-corrected chi connectivity index (χ3v) is 4.28. The van der Waals surface area contributed by atoms with Gasteiger partial charge in [0, 0.05) is 34.8 Å². The summed E-state index contributed by atoms with van der Waals surface area (Å²) >= 11 is 0. The van der Waals surface area contributed by atoms with Crippen LogP contribution < -0.4 is 10.1 Å². The third kappa shape index (κ3) is 3.83. The molecule has 1 heterocycles. The number of aromatic nitrogens is 1. The van der Waals surface area contributed by atoms with Crippen LogP contribution in [0.1, 0.15) is 23.1 Å². The predicted molar refractivity (Wildman–Crippen MR) is 98.9 cm³/mol. The predicted octanol–water partition coefficient (Wildman–Crippen LogP) is 3.55. The number of methoxy groups -OCH3 is 1. The van der Waals surface area contributed by atoms with Crippen molar-refractivity contribution in [2.75, 3.05) is 12.4 Å². The van der Waals surface area contributed by atoms with Crippen molar-refractivity contribution in [2.45, 2.75) is 26.4 Å². The van der Waals surface area contributed by atoms with Crippen LogP contribution in [0.25, 0.3) is 10.9 Å². The van der Waals surface area contributed by atoms with Gasteiger partial charge in [0.05, 0.1) is 13.7 Å². The van der Waals surface area contributed by atoms with Gasteiger partial charge in [0.2, 0.25) is 5.91 Å². The molecule has 0 saturated carbocycles. The highest BCUT2D eigenvalue weighted by atomic mass is 16.5. The Balaban J connectivity index is 1.65. The Hall–Kier alpha value is -2.79. The molecule has 130 valence electrons. The van der Waals surface area contributed by atoms with E-state index in [0.717, 1.165) is 11.1 Å².